The van der Waals surface area contributed by atoms with Crippen molar-refractivity contribution in [1.82, 2.24) is 0 Å². The van der Waals surface area contributed by atoms with Crippen LogP contribution in [0, 0.1) is 0 Å². The first kappa shape index (κ1) is 55.7. The summed E-state index contributed by atoms with van der Waals surface area (Å²) in [6.07, 6.45) is 29.2. The Morgan fingerprint density at radius 3 is 0.577 bits per heavy atom. The third-order valence-corrected chi connectivity index (χ3v) is 16.4. The normalized spacial score (nSPS) is 11.3. The van der Waals surface area contributed by atoms with Crippen LogP contribution in [0.4, 0.5) is 0 Å². The number of unbranched alkanes of at least 4 members (excludes halogenated alkanes) is 18. The second kappa shape index (κ2) is 30.2. The number of hydrogen-bond donors (Lipinski definition) is 0. The van der Waals surface area contributed by atoms with Crippen molar-refractivity contribution in [3.05, 3.63) is 230 Å². The minimum absolute atomic E-state index is 1.10. The van der Waals surface area contributed by atoms with Crippen molar-refractivity contribution in [3.8, 4) is 89.0 Å². The molecule has 0 radical (unpaired) electrons. The van der Waals surface area contributed by atoms with Crippen LogP contribution >= 0.6 is 0 Å². The Labute approximate surface area is 471 Å². The molecule has 9 rings (SSSR count). The smallest absolute Gasteiger partial charge is 0.0149 e. The van der Waals surface area contributed by atoms with Crippen LogP contribution in [0.2, 0.25) is 0 Å². The number of benzene rings is 9. The fourth-order valence-corrected chi connectivity index (χ4v) is 11.6. The molecule has 0 amide bonds. The van der Waals surface area contributed by atoms with Gasteiger partial charge >= 0.3 is 0 Å². The molecule has 0 bridgehead atoms. The van der Waals surface area contributed by atoms with Gasteiger partial charge in [-0.15, -0.1) is 0 Å². The molecule has 0 aliphatic heterocycles. The highest BCUT2D eigenvalue weighted by atomic mass is 14.2. The van der Waals surface area contributed by atoms with Crippen LogP contribution < -0.4 is 0 Å². The second-order valence-corrected chi connectivity index (χ2v) is 22.2. The van der Waals surface area contributed by atoms with E-state index in [9.17, 15) is 0 Å². The maximum atomic E-state index is 2.61. The van der Waals surface area contributed by atoms with E-state index >= 15 is 0 Å². The van der Waals surface area contributed by atoms with Crippen molar-refractivity contribution in [2.45, 2.75) is 155 Å². The zero-order valence-electron chi connectivity index (χ0n) is 47.3. The van der Waals surface area contributed by atoms with Gasteiger partial charge in [-0.05, 0) is 126 Å². The van der Waals surface area contributed by atoms with E-state index in [1.165, 1.54) is 229 Å². The highest BCUT2D eigenvalue weighted by molar-refractivity contribution is 5.81. The standard InChI is InChI=1S/C78H86/c1-3-5-7-9-11-13-15-17-19-23-33-75-59-78(74-57-53-72(54-58-74)70-49-45-68(46-50-70)66-41-37-64(38-42-66)62-31-27-22-28-32-62)76(34-24-20-18-16-14-12-10-8-6-4-2)60-77(75)73-55-51-71(52-56-73)69-47-43-67(44-48-69)65-39-35-63(36-40-65)61-29-25-21-26-30-61/h21-22,25-32,35-60H,3-20,23-24,33-34H2,1-2H3. The van der Waals surface area contributed by atoms with Crippen molar-refractivity contribution in [2.75, 3.05) is 0 Å². The fourth-order valence-electron chi connectivity index (χ4n) is 11.6. The van der Waals surface area contributed by atoms with Gasteiger partial charge in [0.25, 0.3) is 0 Å². The van der Waals surface area contributed by atoms with Gasteiger partial charge < -0.3 is 0 Å². The lowest BCUT2D eigenvalue weighted by molar-refractivity contribution is 0.556. The first-order valence-corrected chi connectivity index (χ1v) is 30.5. The molecule has 0 aliphatic carbocycles. The van der Waals surface area contributed by atoms with Gasteiger partial charge in [0.05, 0.1) is 0 Å². The van der Waals surface area contributed by atoms with E-state index in [0.717, 1.165) is 12.8 Å². The zero-order valence-corrected chi connectivity index (χ0v) is 47.3. The summed E-state index contributed by atoms with van der Waals surface area (Å²) >= 11 is 0. The largest absolute Gasteiger partial charge is 0.0654 e. The molecule has 0 fully saturated rings. The molecule has 0 heterocycles. The second-order valence-electron chi connectivity index (χ2n) is 22.2. The average molecular weight is 1020 g/mol. The van der Waals surface area contributed by atoms with Crippen molar-refractivity contribution < 1.29 is 0 Å². The Bertz CT molecular complexity index is 2890. The molecule has 0 atom stereocenters. The molecule has 398 valence electrons. The molecule has 0 unspecified atom stereocenters. The third kappa shape index (κ3) is 16.0. The molecule has 0 nitrogen and oxygen atoms in total. The predicted octanol–water partition coefficient (Wildman–Crippen LogP) is 23.9. The van der Waals surface area contributed by atoms with Crippen LogP contribution in [0.15, 0.2) is 218 Å². The summed E-state index contributed by atoms with van der Waals surface area (Å²) in [4.78, 5) is 0. The summed E-state index contributed by atoms with van der Waals surface area (Å²) in [6.45, 7) is 4.62. The molecule has 9 aromatic rings. The Morgan fingerprint density at radius 1 is 0.179 bits per heavy atom. The van der Waals surface area contributed by atoms with Crippen molar-refractivity contribution in [2.24, 2.45) is 0 Å². The Kier molecular flexibility index (Phi) is 21.6. The summed E-state index contributed by atoms with van der Waals surface area (Å²) in [5, 5.41) is 0. The highest BCUT2D eigenvalue weighted by Gasteiger charge is 2.15. The van der Waals surface area contributed by atoms with E-state index in [1.807, 2.05) is 0 Å². The van der Waals surface area contributed by atoms with Crippen molar-refractivity contribution >= 4 is 0 Å². The maximum Gasteiger partial charge on any atom is -0.0149 e. The van der Waals surface area contributed by atoms with E-state index in [2.05, 4.69) is 232 Å². The topological polar surface area (TPSA) is 0 Å². The quantitative estimate of drug-likeness (QED) is 0.0394. The summed E-state index contributed by atoms with van der Waals surface area (Å²) in [5.41, 5.74) is 23.5. The SMILES string of the molecule is CCCCCCCCCCCCc1cc(-c2ccc(-c3ccc(-c4ccc(-c5ccccc5)cc4)cc3)cc2)c(CCCCCCCCCCCC)cc1-c1ccc(-c2ccc(-c3ccc(-c4ccccc4)cc3)cc2)cc1. The summed E-state index contributed by atoms with van der Waals surface area (Å²) in [5.74, 6) is 0. The summed E-state index contributed by atoms with van der Waals surface area (Å²) in [6, 6.07) is 81.7. The van der Waals surface area contributed by atoms with Crippen LogP contribution in [-0.2, 0) is 12.8 Å². The van der Waals surface area contributed by atoms with Crippen LogP contribution in [0.1, 0.15) is 153 Å². The molecule has 0 heteroatoms. The minimum atomic E-state index is 1.10. The van der Waals surface area contributed by atoms with Crippen LogP contribution in [0.25, 0.3) is 89.0 Å². The van der Waals surface area contributed by atoms with Gasteiger partial charge in [0, 0.05) is 0 Å². The van der Waals surface area contributed by atoms with Crippen molar-refractivity contribution in [1.29, 1.82) is 0 Å². The van der Waals surface area contributed by atoms with Gasteiger partial charge in [-0.3, -0.25) is 0 Å². The lowest BCUT2D eigenvalue weighted by Crippen LogP contribution is -1.99. The first-order valence-electron chi connectivity index (χ1n) is 30.5. The average Bonchev–Trinajstić information content (AvgIpc) is 3.53. The Balaban J connectivity index is 0.949. The highest BCUT2D eigenvalue weighted by Crippen LogP contribution is 2.38. The minimum Gasteiger partial charge on any atom is -0.0654 e. The number of aryl methyl sites for hydroxylation is 2. The predicted molar refractivity (Wildman–Crippen MR) is 341 cm³/mol. The first-order chi connectivity index (χ1) is 38.6. The maximum absolute atomic E-state index is 2.61. The zero-order chi connectivity index (χ0) is 53.4. The van der Waals surface area contributed by atoms with Gasteiger partial charge in [0.15, 0.2) is 0 Å². The monoisotopic (exact) mass is 1020 g/mol. The van der Waals surface area contributed by atoms with E-state index in [1.54, 1.807) is 0 Å². The Morgan fingerprint density at radius 2 is 0.359 bits per heavy atom. The van der Waals surface area contributed by atoms with Gasteiger partial charge in [-0.1, -0.05) is 348 Å². The van der Waals surface area contributed by atoms with Gasteiger partial charge in [-0.25, -0.2) is 0 Å². The molecule has 0 saturated carbocycles. The number of hydrogen-bond acceptors (Lipinski definition) is 0. The third-order valence-electron chi connectivity index (χ3n) is 16.4. The molecular weight excluding hydrogens is 937 g/mol. The summed E-state index contributed by atoms with van der Waals surface area (Å²) < 4.78 is 0. The lowest BCUT2D eigenvalue weighted by Gasteiger charge is -2.19. The van der Waals surface area contributed by atoms with E-state index in [4.69, 9.17) is 0 Å². The number of rotatable bonds is 30. The van der Waals surface area contributed by atoms with Crippen LogP contribution in [0.3, 0.4) is 0 Å². The summed E-state index contributed by atoms with van der Waals surface area (Å²) in [7, 11) is 0. The fraction of sp³-hybridized carbons (Fsp3) is 0.308. The molecule has 78 heavy (non-hydrogen) atoms. The molecule has 0 N–H and O–H groups in total. The van der Waals surface area contributed by atoms with Crippen LogP contribution in [-0.4, -0.2) is 0 Å². The Hall–Kier alpha value is -7.02. The molecule has 0 aromatic heterocycles. The molecule has 0 saturated heterocycles. The van der Waals surface area contributed by atoms with Crippen molar-refractivity contribution in [3.63, 3.8) is 0 Å². The van der Waals surface area contributed by atoms with Gasteiger partial charge in [0.2, 0.25) is 0 Å². The lowest BCUT2D eigenvalue weighted by atomic mass is 9.86. The van der Waals surface area contributed by atoms with E-state index in [0.29, 0.717) is 0 Å². The van der Waals surface area contributed by atoms with Crippen LogP contribution in [0.5, 0.6) is 0 Å². The molecule has 0 spiro atoms. The molecule has 0 aliphatic rings. The van der Waals surface area contributed by atoms with E-state index < -0.39 is 0 Å². The molecular formula is C78H86. The van der Waals surface area contributed by atoms with Gasteiger partial charge in [0.1, 0.15) is 0 Å². The van der Waals surface area contributed by atoms with Gasteiger partial charge in [-0.2, -0.15) is 0 Å². The van der Waals surface area contributed by atoms with E-state index in [-0.39, 0.29) is 0 Å². The molecule has 9 aromatic carbocycles.